The number of imidazole rings is 1. The van der Waals surface area contributed by atoms with Crippen molar-refractivity contribution in [3.63, 3.8) is 0 Å². The quantitative estimate of drug-likeness (QED) is 0.686. The Kier molecular flexibility index (Phi) is 3.14. The number of rotatable bonds is 4. The number of aryl methyl sites for hydroxylation is 1. The van der Waals surface area contributed by atoms with Crippen LogP contribution in [-0.2, 0) is 4.79 Å². The number of aromatic amines is 2. The first-order chi connectivity index (χ1) is 8.06. The number of nitrogens with zero attached hydrogens (tertiary/aromatic N) is 2. The third kappa shape index (κ3) is 2.64. The van der Waals surface area contributed by atoms with Crippen LogP contribution in [-0.4, -0.2) is 36.8 Å². The molecule has 0 aliphatic carbocycles. The number of nitrogens with one attached hydrogen (secondary N) is 2. The summed E-state index contributed by atoms with van der Waals surface area (Å²) in [5, 5.41) is 9.00. The Morgan fingerprint density at radius 1 is 1.41 bits per heavy atom. The predicted octanol–water partition coefficient (Wildman–Crippen LogP) is 0.521. The fourth-order valence-corrected chi connectivity index (χ4v) is 2.09. The van der Waals surface area contributed by atoms with E-state index in [1.807, 2.05) is 0 Å². The minimum atomic E-state index is -0.861. The van der Waals surface area contributed by atoms with Crippen molar-refractivity contribution in [2.75, 3.05) is 5.75 Å². The number of aliphatic carboxylic acids is 1. The van der Waals surface area contributed by atoms with Gasteiger partial charge in [0.2, 0.25) is 0 Å². The molecule has 0 aromatic carbocycles. The maximum Gasteiger partial charge on any atom is 0.304 e. The van der Waals surface area contributed by atoms with Crippen LogP contribution in [0.5, 0.6) is 0 Å². The van der Waals surface area contributed by atoms with Gasteiger partial charge in [-0.25, -0.2) is 9.97 Å². The Morgan fingerprint density at radius 3 is 2.88 bits per heavy atom. The van der Waals surface area contributed by atoms with Crippen LogP contribution >= 0.6 is 11.8 Å². The second-order valence-electron chi connectivity index (χ2n) is 3.38. The van der Waals surface area contributed by atoms with Crippen LogP contribution in [0.4, 0.5) is 0 Å². The molecule has 0 radical (unpaired) electrons. The number of hydrogen-bond donors (Lipinski definition) is 3. The monoisotopic (exact) mass is 254 g/mol. The van der Waals surface area contributed by atoms with Gasteiger partial charge in [0.05, 0.1) is 6.42 Å². The number of aromatic nitrogens is 4. The number of hydrogen-bond acceptors (Lipinski definition) is 5. The van der Waals surface area contributed by atoms with Gasteiger partial charge in [0.25, 0.3) is 5.56 Å². The van der Waals surface area contributed by atoms with E-state index in [1.165, 1.54) is 11.8 Å². The van der Waals surface area contributed by atoms with Crippen LogP contribution in [0.15, 0.2) is 9.95 Å². The molecular weight excluding hydrogens is 244 g/mol. The summed E-state index contributed by atoms with van der Waals surface area (Å²) < 4.78 is 0. The zero-order chi connectivity index (χ0) is 12.4. The Morgan fingerprint density at radius 2 is 2.18 bits per heavy atom. The smallest absolute Gasteiger partial charge is 0.304 e. The molecule has 0 saturated carbocycles. The Balaban J connectivity index is 2.23. The maximum atomic E-state index is 11.5. The van der Waals surface area contributed by atoms with Crippen LogP contribution in [0.1, 0.15) is 12.2 Å². The molecule has 0 bridgehead atoms. The van der Waals surface area contributed by atoms with E-state index < -0.39 is 5.97 Å². The van der Waals surface area contributed by atoms with Gasteiger partial charge in [0.1, 0.15) is 5.82 Å². The fraction of sp³-hybridized carbons (Fsp3) is 0.333. The Bertz CT molecular complexity index is 618. The number of thioether (sulfide) groups is 1. The molecule has 2 aromatic rings. The van der Waals surface area contributed by atoms with E-state index in [-0.39, 0.29) is 12.0 Å². The summed E-state index contributed by atoms with van der Waals surface area (Å²) in [6, 6.07) is 0. The van der Waals surface area contributed by atoms with Crippen LogP contribution < -0.4 is 5.56 Å². The van der Waals surface area contributed by atoms with E-state index in [1.54, 1.807) is 6.92 Å². The van der Waals surface area contributed by atoms with Gasteiger partial charge in [-0.3, -0.25) is 9.59 Å². The van der Waals surface area contributed by atoms with E-state index in [4.69, 9.17) is 5.11 Å². The molecule has 2 heterocycles. The molecule has 2 aromatic heterocycles. The van der Waals surface area contributed by atoms with E-state index in [9.17, 15) is 9.59 Å². The van der Waals surface area contributed by atoms with Gasteiger partial charge >= 0.3 is 5.97 Å². The van der Waals surface area contributed by atoms with Crippen molar-refractivity contribution in [2.24, 2.45) is 0 Å². The summed E-state index contributed by atoms with van der Waals surface area (Å²) in [6.07, 6.45) is 0.0462. The zero-order valence-corrected chi connectivity index (χ0v) is 9.80. The molecule has 2 rings (SSSR count). The van der Waals surface area contributed by atoms with Crippen molar-refractivity contribution < 1.29 is 9.90 Å². The van der Waals surface area contributed by atoms with E-state index in [0.29, 0.717) is 27.9 Å². The lowest BCUT2D eigenvalue weighted by molar-refractivity contribution is -0.136. The Labute approximate surface area is 99.7 Å². The highest BCUT2D eigenvalue weighted by Gasteiger charge is 2.09. The average molecular weight is 254 g/mol. The molecule has 17 heavy (non-hydrogen) atoms. The van der Waals surface area contributed by atoms with Gasteiger partial charge in [-0.1, -0.05) is 11.8 Å². The number of carbonyl (C=O) groups is 1. The second kappa shape index (κ2) is 4.58. The molecule has 0 fully saturated rings. The lowest BCUT2D eigenvalue weighted by atomic mass is 10.5. The van der Waals surface area contributed by atoms with Crippen molar-refractivity contribution in [3.8, 4) is 0 Å². The first-order valence-corrected chi connectivity index (χ1v) is 5.86. The third-order valence-electron chi connectivity index (χ3n) is 2.01. The molecule has 3 N–H and O–H groups in total. The predicted molar refractivity (Wildman–Crippen MR) is 62.2 cm³/mol. The highest BCUT2D eigenvalue weighted by Crippen LogP contribution is 2.16. The molecule has 0 unspecified atom stereocenters. The minimum absolute atomic E-state index is 0.0462. The lowest BCUT2D eigenvalue weighted by Gasteiger charge is -1.92. The van der Waals surface area contributed by atoms with Crippen molar-refractivity contribution in [3.05, 3.63) is 16.2 Å². The molecule has 7 nitrogen and oxygen atoms in total. The van der Waals surface area contributed by atoms with Crippen LogP contribution in [0, 0.1) is 6.92 Å². The van der Waals surface area contributed by atoms with Crippen molar-refractivity contribution >= 4 is 28.9 Å². The molecule has 0 spiro atoms. The van der Waals surface area contributed by atoms with Crippen LogP contribution in [0.25, 0.3) is 11.2 Å². The summed E-state index contributed by atoms with van der Waals surface area (Å²) >= 11 is 1.25. The molecule has 8 heteroatoms. The first kappa shape index (κ1) is 11.6. The summed E-state index contributed by atoms with van der Waals surface area (Å²) in [6.45, 7) is 1.67. The van der Waals surface area contributed by atoms with Crippen LogP contribution in [0.3, 0.4) is 0 Å². The molecule has 0 aliphatic heterocycles. The standard InChI is InChI=1S/C9H10N4O3S/c1-4-10-7-6(8(16)11-4)12-9(13-7)17-3-2-5(14)15/h2-3H2,1H3,(H,14,15)(H2,10,11,12,13,16). The highest BCUT2D eigenvalue weighted by molar-refractivity contribution is 7.99. The number of carboxylic acid groups (broad SMARTS) is 1. The third-order valence-corrected chi connectivity index (χ3v) is 2.89. The largest absolute Gasteiger partial charge is 0.481 e. The summed E-state index contributed by atoms with van der Waals surface area (Å²) in [4.78, 5) is 35.4. The van der Waals surface area contributed by atoms with Gasteiger partial charge < -0.3 is 15.1 Å². The SMILES string of the molecule is Cc1nc2nc(SCCC(=O)O)[nH]c2c(=O)[nH]1. The minimum Gasteiger partial charge on any atom is -0.481 e. The van der Waals surface area contributed by atoms with Crippen LogP contribution in [0.2, 0.25) is 0 Å². The van der Waals surface area contributed by atoms with Gasteiger partial charge in [-0.2, -0.15) is 0 Å². The van der Waals surface area contributed by atoms with Crippen molar-refractivity contribution in [2.45, 2.75) is 18.5 Å². The van der Waals surface area contributed by atoms with Crippen molar-refractivity contribution in [1.82, 2.24) is 19.9 Å². The Hall–Kier alpha value is -1.83. The molecule has 0 saturated heterocycles. The number of fused-ring (bicyclic) bond motifs is 1. The molecule has 0 amide bonds. The fourth-order valence-electron chi connectivity index (χ4n) is 1.30. The topological polar surface area (TPSA) is 112 Å². The number of carboxylic acids is 1. The summed E-state index contributed by atoms with van der Waals surface area (Å²) in [5.41, 5.74) is 0.391. The van der Waals surface area contributed by atoms with E-state index >= 15 is 0 Å². The highest BCUT2D eigenvalue weighted by atomic mass is 32.2. The maximum absolute atomic E-state index is 11.5. The first-order valence-electron chi connectivity index (χ1n) is 4.87. The van der Waals surface area contributed by atoms with Gasteiger partial charge in [-0.05, 0) is 6.92 Å². The lowest BCUT2D eigenvalue weighted by Crippen LogP contribution is -2.09. The molecule has 90 valence electrons. The number of H-pyrrole nitrogens is 2. The van der Waals surface area contributed by atoms with E-state index in [0.717, 1.165) is 0 Å². The summed E-state index contributed by atoms with van der Waals surface area (Å²) in [7, 11) is 0. The summed E-state index contributed by atoms with van der Waals surface area (Å²) in [5.74, 6) is 0.0305. The van der Waals surface area contributed by atoms with E-state index in [2.05, 4.69) is 19.9 Å². The normalized spacial score (nSPS) is 10.9. The molecular formula is C9H10N4O3S. The van der Waals surface area contributed by atoms with Gasteiger partial charge in [-0.15, -0.1) is 0 Å². The average Bonchev–Trinajstić information content (AvgIpc) is 2.60. The zero-order valence-electron chi connectivity index (χ0n) is 8.98. The van der Waals surface area contributed by atoms with Crippen molar-refractivity contribution in [1.29, 1.82) is 0 Å². The van der Waals surface area contributed by atoms with Gasteiger partial charge in [0.15, 0.2) is 16.3 Å². The molecule has 0 atom stereocenters. The molecule has 0 aliphatic rings. The van der Waals surface area contributed by atoms with Gasteiger partial charge in [0, 0.05) is 5.75 Å². The second-order valence-corrected chi connectivity index (χ2v) is 4.47.